The molecule has 0 spiro atoms. The smallest absolute Gasteiger partial charge is 0.416 e. The quantitative estimate of drug-likeness (QED) is 0.496. The standard InChI is InChI=1S/C23H23F3N2O4/c1-14-10-15(2)22(16(3)11-14)28-19(29)12-27-20(30)13-32-21(31)9-6-17-4-7-18(8-5-17)23(24,25)26/h4-11H,12-13H2,1-3H3,(H,27,30)(H,28,29). The largest absolute Gasteiger partial charge is 0.452 e. The third-order valence-corrected chi connectivity index (χ3v) is 4.38. The predicted octanol–water partition coefficient (Wildman–Crippen LogP) is 3.94. The fourth-order valence-corrected chi connectivity index (χ4v) is 2.92. The molecule has 0 bridgehead atoms. The van der Waals surface area contributed by atoms with E-state index in [0.29, 0.717) is 11.3 Å². The molecule has 0 fully saturated rings. The molecule has 0 radical (unpaired) electrons. The van der Waals surface area contributed by atoms with Crippen molar-refractivity contribution in [3.63, 3.8) is 0 Å². The van der Waals surface area contributed by atoms with Crippen LogP contribution in [0.1, 0.15) is 27.8 Å². The Bertz CT molecular complexity index is 1010. The van der Waals surface area contributed by atoms with Gasteiger partial charge in [0.1, 0.15) is 0 Å². The number of aryl methyl sites for hydroxylation is 3. The van der Waals surface area contributed by atoms with Crippen LogP contribution < -0.4 is 10.6 Å². The molecule has 0 saturated heterocycles. The lowest BCUT2D eigenvalue weighted by Crippen LogP contribution is -2.35. The second kappa shape index (κ2) is 10.6. The summed E-state index contributed by atoms with van der Waals surface area (Å²) in [5.74, 6) is -1.95. The Morgan fingerprint density at radius 1 is 0.969 bits per heavy atom. The van der Waals surface area contributed by atoms with Crippen LogP contribution in [0.5, 0.6) is 0 Å². The van der Waals surface area contributed by atoms with Crippen molar-refractivity contribution >= 4 is 29.5 Å². The Morgan fingerprint density at radius 2 is 1.56 bits per heavy atom. The number of halogens is 3. The monoisotopic (exact) mass is 448 g/mol. The normalized spacial score (nSPS) is 11.3. The lowest BCUT2D eigenvalue weighted by atomic mass is 10.1. The van der Waals surface area contributed by atoms with Gasteiger partial charge in [0, 0.05) is 11.8 Å². The van der Waals surface area contributed by atoms with Gasteiger partial charge in [-0.05, 0) is 55.7 Å². The minimum Gasteiger partial charge on any atom is -0.452 e. The number of ether oxygens (including phenoxy) is 1. The Kier molecular flexibility index (Phi) is 8.17. The Balaban J connectivity index is 1.76. The van der Waals surface area contributed by atoms with Gasteiger partial charge in [-0.25, -0.2) is 4.79 Å². The maximum Gasteiger partial charge on any atom is 0.416 e. The van der Waals surface area contributed by atoms with Crippen LogP contribution in [0.2, 0.25) is 0 Å². The first-order valence-electron chi connectivity index (χ1n) is 9.62. The Hall–Kier alpha value is -3.62. The second-order valence-electron chi connectivity index (χ2n) is 7.16. The number of alkyl halides is 3. The summed E-state index contributed by atoms with van der Waals surface area (Å²) in [7, 11) is 0. The summed E-state index contributed by atoms with van der Waals surface area (Å²) < 4.78 is 42.3. The summed E-state index contributed by atoms with van der Waals surface area (Å²) in [5.41, 5.74) is 3.10. The minimum absolute atomic E-state index is 0.301. The molecule has 0 heterocycles. The third kappa shape index (κ3) is 7.57. The number of carbonyl (C=O) groups excluding carboxylic acids is 3. The minimum atomic E-state index is -4.44. The number of rotatable bonds is 7. The van der Waals surface area contributed by atoms with E-state index >= 15 is 0 Å². The van der Waals surface area contributed by atoms with Crippen molar-refractivity contribution in [3.05, 3.63) is 70.3 Å². The lowest BCUT2D eigenvalue weighted by molar-refractivity contribution is -0.143. The van der Waals surface area contributed by atoms with E-state index in [4.69, 9.17) is 4.74 Å². The van der Waals surface area contributed by atoms with Gasteiger partial charge in [0.15, 0.2) is 6.61 Å². The number of hydrogen-bond donors (Lipinski definition) is 2. The molecule has 6 nitrogen and oxygen atoms in total. The molecule has 2 amide bonds. The molecule has 170 valence electrons. The summed E-state index contributed by atoms with van der Waals surface area (Å²) in [4.78, 5) is 35.5. The van der Waals surface area contributed by atoms with Crippen LogP contribution in [0.25, 0.3) is 6.08 Å². The van der Waals surface area contributed by atoms with Gasteiger partial charge in [0.2, 0.25) is 5.91 Å². The van der Waals surface area contributed by atoms with Crippen molar-refractivity contribution in [2.75, 3.05) is 18.5 Å². The number of benzene rings is 2. The van der Waals surface area contributed by atoms with E-state index in [9.17, 15) is 27.6 Å². The number of nitrogens with one attached hydrogen (secondary N) is 2. The average Bonchev–Trinajstić information content (AvgIpc) is 2.71. The molecule has 32 heavy (non-hydrogen) atoms. The van der Waals surface area contributed by atoms with Gasteiger partial charge in [-0.3, -0.25) is 9.59 Å². The summed E-state index contributed by atoms with van der Waals surface area (Å²) in [6, 6.07) is 8.05. The second-order valence-corrected chi connectivity index (χ2v) is 7.16. The van der Waals surface area contributed by atoms with Crippen molar-refractivity contribution < 1.29 is 32.3 Å². The van der Waals surface area contributed by atoms with Crippen LogP contribution in [-0.4, -0.2) is 30.9 Å². The highest BCUT2D eigenvalue weighted by Gasteiger charge is 2.29. The molecule has 0 unspecified atom stereocenters. The number of esters is 1. The van der Waals surface area contributed by atoms with Gasteiger partial charge in [0.05, 0.1) is 12.1 Å². The van der Waals surface area contributed by atoms with Crippen LogP contribution >= 0.6 is 0 Å². The first-order chi connectivity index (χ1) is 15.0. The maximum absolute atomic E-state index is 12.5. The zero-order valence-corrected chi connectivity index (χ0v) is 17.8. The first-order valence-corrected chi connectivity index (χ1v) is 9.62. The van der Waals surface area contributed by atoms with Gasteiger partial charge >= 0.3 is 12.1 Å². The summed E-state index contributed by atoms with van der Waals surface area (Å²) in [6.45, 7) is 4.78. The average molecular weight is 448 g/mol. The lowest BCUT2D eigenvalue weighted by Gasteiger charge is -2.13. The summed E-state index contributed by atoms with van der Waals surface area (Å²) >= 11 is 0. The molecule has 0 atom stereocenters. The molecule has 9 heteroatoms. The molecule has 2 aromatic rings. The molecular formula is C23H23F3N2O4. The molecule has 0 aliphatic carbocycles. The highest BCUT2D eigenvalue weighted by molar-refractivity contribution is 5.96. The molecule has 2 rings (SSSR count). The van der Waals surface area contributed by atoms with Gasteiger partial charge in [-0.1, -0.05) is 29.8 Å². The topological polar surface area (TPSA) is 84.5 Å². The highest BCUT2D eigenvalue weighted by Crippen LogP contribution is 2.29. The fraction of sp³-hybridized carbons (Fsp3) is 0.261. The number of hydrogen-bond acceptors (Lipinski definition) is 4. The molecule has 0 aliphatic rings. The molecule has 2 N–H and O–H groups in total. The van der Waals surface area contributed by atoms with E-state index in [1.54, 1.807) is 0 Å². The van der Waals surface area contributed by atoms with Crippen molar-refractivity contribution in [3.8, 4) is 0 Å². The number of anilines is 1. The first kappa shape index (κ1) is 24.6. The highest BCUT2D eigenvalue weighted by atomic mass is 19.4. The summed E-state index contributed by atoms with van der Waals surface area (Å²) in [6.07, 6.45) is -2.19. The Morgan fingerprint density at radius 3 is 2.12 bits per heavy atom. The van der Waals surface area contributed by atoms with Crippen molar-refractivity contribution in [1.82, 2.24) is 5.32 Å². The predicted molar refractivity (Wildman–Crippen MR) is 114 cm³/mol. The van der Waals surface area contributed by atoms with Crippen LogP contribution in [0.4, 0.5) is 18.9 Å². The SMILES string of the molecule is Cc1cc(C)c(NC(=O)CNC(=O)COC(=O)C=Cc2ccc(C(F)(F)F)cc2)c(C)c1. The van der Waals surface area contributed by atoms with Crippen molar-refractivity contribution in [2.45, 2.75) is 26.9 Å². The molecule has 0 aromatic heterocycles. The van der Waals surface area contributed by atoms with E-state index in [1.165, 1.54) is 18.2 Å². The van der Waals surface area contributed by atoms with Crippen molar-refractivity contribution in [1.29, 1.82) is 0 Å². The summed E-state index contributed by atoms with van der Waals surface area (Å²) in [5, 5.41) is 5.08. The molecule has 2 aromatic carbocycles. The number of amides is 2. The van der Waals surface area contributed by atoms with Crippen LogP contribution in [0, 0.1) is 20.8 Å². The van der Waals surface area contributed by atoms with Crippen LogP contribution in [0.3, 0.4) is 0 Å². The van der Waals surface area contributed by atoms with E-state index in [1.807, 2.05) is 32.9 Å². The maximum atomic E-state index is 12.5. The Labute approximate surface area is 183 Å². The molecule has 0 saturated carbocycles. The van der Waals surface area contributed by atoms with E-state index in [-0.39, 0.29) is 6.54 Å². The van der Waals surface area contributed by atoms with Gasteiger partial charge in [0.25, 0.3) is 5.91 Å². The molecule has 0 aliphatic heterocycles. The van der Waals surface area contributed by atoms with Crippen LogP contribution in [0.15, 0.2) is 42.5 Å². The fourth-order valence-electron chi connectivity index (χ4n) is 2.92. The van der Waals surface area contributed by atoms with Gasteiger partial charge in [-0.2, -0.15) is 13.2 Å². The molecular weight excluding hydrogens is 425 g/mol. The van der Waals surface area contributed by atoms with Crippen LogP contribution in [-0.2, 0) is 25.3 Å². The van der Waals surface area contributed by atoms with E-state index < -0.39 is 36.1 Å². The van der Waals surface area contributed by atoms with Gasteiger partial charge in [-0.15, -0.1) is 0 Å². The third-order valence-electron chi connectivity index (χ3n) is 4.38. The number of carbonyl (C=O) groups is 3. The van der Waals surface area contributed by atoms with E-state index in [0.717, 1.165) is 34.9 Å². The zero-order valence-electron chi connectivity index (χ0n) is 17.8. The zero-order chi connectivity index (χ0) is 23.9. The van der Waals surface area contributed by atoms with E-state index in [2.05, 4.69) is 10.6 Å². The van der Waals surface area contributed by atoms with Gasteiger partial charge < -0.3 is 15.4 Å². The van der Waals surface area contributed by atoms with Crippen molar-refractivity contribution in [2.24, 2.45) is 0 Å².